The van der Waals surface area contributed by atoms with Gasteiger partial charge < -0.3 is 15.2 Å². The van der Waals surface area contributed by atoms with Crippen LogP contribution in [0.1, 0.15) is 25.5 Å². The minimum Gasteiger partial charge on any atom is -0.391 e. The van der Waals surface area contributed by atoms with E-state index in [-0.39, 0.29) is 24.2 Å². The first-order valence-corrected chi connectivity index (χ1v) is 8.02. The predicted octanol–water partition coefficient (Wildman–Crippen LogP) is 1.33. The highest BCUT2D eigenvalue weighted by molar-refractivity contribution is 5.83. The maximum absolute atomic E-state index is 13.6. The van der Waals surface area contributed by atoms with Crippen molar-refractivity contribution in [3.63, 3.8) is 0 Å². The molecule has 1 aliphatic heterocycles. The largest absolute Gasteiger partial charge is 0.391 e. The van der Waals surface area contributed by atoms with E-state index in [1.54, 1.807) is 12.1 Å². The van der Waals surface area contributed by atoms with Crippen LogP contribution in [0.15, 0.2) is 24.3 Å². The Morgan fingerprint density at radius 3 is 2.70 bits per heavy atom. The number of ether oxygens (including phenoxy) is 1. The van der Waals surface area contributed by atoms with Gasteiger partial charge in [0, 0.05) is 19.6 Å². The Hall–Kier alpha value is -1.50. The molecule has 6 heteroatoms. The fraction of sp³-hybridized carbons (Fsp3) is 0.588. The SMILES string of the molecule is CC(C)C(O)CNC(=O)C(c1cccc(F)c1)N1CCOCC1. The molecular weight excluding hydrogens is 299 g/mol. The van der Waals surface area contributed by atoms with Crippen LogP contribution in [0.4, 0.5) is 4.39 Å². The zero-order valence-corrected chi connectivity index (χ0v) is 13.7. The standard InChI is InChI=1S/C17H25FN2O3/c1-12(2)15(21)11-19-17(22)16(20-6-8-23-9-7-20)13-4-3-5-14(18)10-13/h3-5,10,12,15-16,21H,6-9,11H2,1-2H3,(H,19,22). The summed E-state index contributed by atoms with van der Waals surface area (Å²) in [6.07, 6.45) is -0.600. The van der Waals surface area contributed by atoms with Gasteiger partial charge in [0.05, 0.1) is 19.3 Å². The van der Waals surface area contributed by atoms with Crippen molar-refractivity contribution in [3.8, 4) is 0 Å². The number of carbonyl (C=O) groups is 1. The molecule has 1 amide bonds. The van der Waals surface area contributed by atoms with Crippen LogP contribution < -0.4 is 5.32 Å². The Labute approximate surface area is 136 Å². The molecule has 0 aromatic heterocycles. The van der Waals surface area contributed by atoms with E-state index in [9.17, 15) is 14.3 Å². The first-order chi connectivity index (χ1) is 11.0. The molecule has 1 aromatic carbocycles. The summed E-state index contributed by atoms with van der Waals surface area (Å²) in [5, 5.41) is 12.7. The van der Waals surface area contributed by atoms with Crippen molar-refractivity contribution < 1.29 is 19.0 Å². The van der Waals surface area contributed by atoms with Gasteiger partial charge >= 0.3 is 0 Å². The van der Waals surface area contributed by atoms with Crippen LogP contribution in [0, 0.1) is 11.7 Å². The summed E-state index contributed by atoms with van der Waals surface area (Å²) >= 11 is 0. The van der Waals surface area contributed by atoms with Crippen LogP contribution in [0.5, 0.6) is 0 Å². The van der Waals surface area contributed by atoms with Crippen molar-refractivity contribution >= 4 is 5.91 Å². The number of nitrogens with one attached hydrogen (secondary N) is 1. The Balaban J connectivity index is 2.14. The van der Waals surface area contributed by atoms with Crippen LogP contribution in [0.25, 0.3) is 0 Å². The van der Waals surface area contributed by atoms with Crippen LogP contribution in [-0.2, 0) is 9.53 Å². The number of benzene rings is 1. The fourth-order valence-electron chi connectivity index (χ4n) is 2.58. The van der Waals surface area contributed by atoms with Crippen LogP contribution in [-0.4, -0.2) is 54.9 Å². The van der Waals surface area contributed by atoms with Crippen molar-refractivity contribution in [2.75, 3.05) is 32.8 Å². The molecule has 1 fully saturated rings. The third kappa shape index (κ3) is 4.99. The Morgan fingerprint density at radius 1 is 1.39 bits per heavy atom. The average Bonchev–Trinajstić information content (AvgIpc) is 2.54. The summed E-state index contributed by atoms with van der Waals surface area (Å²) in [5.41, 5.74) is 0.614. The Kier molecular flexibility index (Phi) is 6.50. The first kappa shape index (κ1) is 17.8. The van der Waals surface area contributed by atoms with Gasteiger partial charge in [-0.15, -0.1) is 0 Å². The lowest BCUT2D eigenvalue weighted by Gasteiger charge is -2.34. The minimum atomic E-state index is -0.600. The average molecular weight is 324 g/mol. The van der Waals surface area contributed by atoms with Crippen molar-refractivity contribution in [1.82, 2.24) is 10.2 Å². The molecule has 0 aliphatic carbocycles. The van der Waals surface area contributed by atoms with Gasteiger partial charge in [-0.05, 0) is 23.6 Å². The normalized spacial score (nSPS) is 18.7. The summed E-state index contributed by atoms with van der Waals surface area (Å²) in [6, 6.07) is 5.53. The van der Waals surface area contributed by atoms with Crippen molar-refractivity contribution in [2.45, 2.75) is 26.0 Å². The summed E-state index contributed by atoms with van der Waals surface area (Å²) < 4.78 is 18.9. The second-order valence-corrected chi connectivity index (χ2v) is 6.16. The molecule has 0 spiro atoms. The molecule has 0 bridgehead atoms. The number of nitrogens with zero attached hydrogens (tertiary/aromatic N) is 1. The predicted molar refractivity (Wildman–Crippen MR) is 85.4 cm³/mol. The minimum absolute atomic E-state index is 0.0614. The summed E-state index contributed by atoms with van der Waals surface area (Å²) in [5.74, 6) is -0.528. The molecule has 2 unspecified atom stereocenters. The van der Waals surface area contributed by atoms with E-state index in [1.807, 2.05) is 18.7 Å². The van der Waals surface area contributed by atoms with Crippen molar-refractivity contribution in [3.05, 3.63) is 35.6 Å². The third-order valence-corrected chi connectivity index (χ3v) is 4.08. The number of morpholine rings is 1. The molecule has 0 saturated carbocycles. The van der Waals surface area contributed by atoms with E-state index in [0.29, 0.717) is 31.9 Å². The van der Waals surface area contributed by atoms with E-state index in [4.69, 9.17) is 4.74 Å². The highest BCUT2D eigenvalue weighted by atomic mass is 19.1. The van der Waals surface area contributed by atoms with Gasteiger partial charge in [-0.3, -0.25) is 9.69 Å². The number of hydrogen-bond acceptors (Lipinski definition) is 4. The third-order valence-electron chi connectivity index (χ3n) is 4.08. The summed E-state index contributed by atoms with van der Waals surface area (Å²) in [4.78, 5) is 14.6. The molecule has 128 valence electrons. The van der Waals surface area contributed by atoms with Gasteiger partial charge in [0.1, 0.15) is 11.9 Å². The molecule has 2 N–H and O–H groups in total. The fourth-order valence-corrected chi connectivity index (χ4v) is 2.58. The zero-order chi connectivity index (χ0) is 16.8. The molecule has 23 heavy (non-hydrogen) atoms. The molecule has 1 aliphatic rings. The highest BCUT2D eigenvalue weighted by Crippen LogP contribution is 2.23. The van der Waals surface area contributed by atoms with Gasteiger partial charge in [0.15, 0.2) is 0 Å². The molecule has 2 atom stereocenters. The lowest BCUT2D eigenvalue weighted by Crippen LogP contribution is -2.47. The van der Waals surface area contributed by atoms with Gasteiger partial charge in [-0.2, -0.15) is 0 Å². The maximum Gasteiger partial charge on any atom is 0.242 e. The van der Waals surface area contributed by atoms with Gasteiger partial charge in [-0.25, -0.2) is 4.39 Å². The molecule has 1 saturated heterocycles. The van der Waals surface area contributed by atoms with Crippen LogP contribution in [0.2, 0.25) is 0 Å². The molecule has 2 rings (SSSR count). The van der Waals surface area contributed by atoms with E-state index in [2.05, 4.69) is 5.32 Å². The number of halogens is 1. The lowest BCUT2D eigenvalue weighted by atomic mass is 10.0. The number of carbonyl (C=O) groups excluding carboxylic acids is 1. The monoisotopic (exact) mass is 324 g/mol. The molecule has 0 radical (unpaired) electrons. The van der Waals surface area contributed by atoms with E-state index in [0.717, 1.165) is 0 Å². The van der Waals surface area contributed by atoms with E-state index >= 15 is 0 Å². The van der Waals surface area contributed by atoms with E-state index in [1.165, 1.54) is 12.1 Å². The van der Waals surface area contributed by atoms with Crippen LogP contribution in [0.3, 0.4) is 0 Å². The van der Waals surface area contributed by atoms with E-state index < -0.39 is 12.1 Å². The summed E-state index contributed by atoms with van der Waals surface area (Å²) in [6.45, 7) is 6.29. The first-order valence-electron chi connectivity index (χ1n) is 8.02. The van der Waals surface area contributed by atoms with Gasteiger partial charge in [-0.1, -0.05) is 26.0 Å². The Morgan fingerprint density at radius 2 is 2.09 bits per heavy atom. The lowest BCUT2D eigenvalue weighted by molar-refractivity contribution is -0.129. The van der Waals surface area contributed by atoms with Gasteiger partial charge in [0.25, 0.3) is 0 Å². The number of aliphatic hydroxyl groups excluding tert-OH is 1. The maximum atomic E-state index is 13.6. The Bertz CT molecular complexity index is 518. The molecule has 5 nitrogen and oxygen atoms in total. The topological polar surface area (TPSA) is 61.8 Å². The number of aliphatic hydroxyl groups is 1. The summed E-state index contributed by atoms with van der Waals surface area (Å²) in [7, 11) is 0. The molecule has 1 heterocycles. The number of amides is 1. The smallest absolute Gasteiger partial charge is 0.242 e. The zero-order valence-electron chi connectivity index (χ0n) is 13.7. The molecular formula is C17H25FN2O3. The van der Waals surface area contributed by atoms with Gasteiger partial charge in [0.2, 0.25) is 5.91 Å². The molecule has 1 aromatic rings. The quantitative estimate of drug-likeness (QED) is 0.829. The van der Waals surface area contributed by atoms with Crippen molar-refractivity contribution in [1.29, 1.82) is 0 Å². The number of rotatable bonds is 6. The highest BCUT2D eigenvalue weighted by Gasteiger charge is 2.29. The second-order valence-electron chi connectivity index (χ2n) is 6.16. The van der Waals surface area contributed by atoms with Crippen molar-refractivity contribution in [2.24, 2.45) is 5.92 Å². The van der Waals surface area contributed by atoms with Crippen LogP contribution >= 0.6 is 0 Å². The second kappa shape index (κ2) is 8.38. The number of hydrogen-bond donors (Lipinski definition) is 2.